The van der Waals surface area contributed by atoms with Crippen LogP contribution in [0.5, 0.6) is 17.2 Å². The van der Waals surface area contributed by atoms with Crippen LogP contribution in [0.3, 0.4) is 0 Å². The maximum atomic E-state index is 12.1. The van der Waals surface area contributed by atoms with Crippen molar-refractivity contribution in [1.82, 2.24) is 0 Å². The molecule has 0 atom stereocenters. The Hall–Kier alpha value is -7.76. The van der Waals surface area contributed by atoms with E-state index in [0.717, 1.165) is 56.0 Å². The van der Waals surface area contributed by atoms with E-state index in [0.29, 0.717) is 47.4 Å². The summed E-state index contributed by atoms with van der Waals surface area (Å²) in [7, 11) is -7.41. The van der Waals surface area contributed by atoms with E-state index in [2.05, 4.69) is 22.4 Å². The molecule has 0 aliphatic carbocycles. The SMILES string of the molecule is Cc1ccc(S(=O)(=O)OCCCl)cc1.Cc1ccc(S(=O)(=O)OCCOc2ccc(-c3ccc(C#N)cc3)cc2)cc1.N#Cc1ccc(-c2ccc(OCCCl)cc2)cc1.N#Cc1ccc(-c2ccc(OCCO)cc2)cc1.OCCCl. The normalized spacial score (nSPS) is 10.4. The molecule has 0 heterocycles. The van der Waals surface area contributed by atoms with Gasteiger partial charge in [-0.1, -0.05) is 108 Å². The van der Waals surface area contributed by atoms with E-state index in [9.17, 15) is 16.8 Å². The van der Waals surface area contributed by atoms with Gasteiger partial charge >= 0.3 is 0 Å². The molecule has 19 heteroatoms. The molecule has 0 fully saturated rings. The average molecular weight is 1210 g/mol. The zero-order chi connectivity index (χ0) is 59.6. The third-order valence-corrected chi connectivity index (χ3v) is 14.1. The van der Waals surface area contributed by atoms with Gasteiger partial charge in [0.15, 0.2) is 0 Å². The summed E-state index contributed by atoms with van der Waals surface area (Å²) in [6.07, 6.45) is 0. The summed E-state index contributed by atoms with van der Waals surface area (Å²) in [6, 6.07) is 64.4. The molecule has 426 valence electrons. The lowest BCUT2D eigenvalue weighted by atomic mass is 10.0. The summed E-state index contributed by atoms with van der Waals surface area (Å²) in [6.45, 7) is 4.72. The van der Waals surface area contributed by atoms with E-state index in [1.807, 2.05) is 135 Å². The molecule has 82 heavy (non-hydrogen) atoms. The van der Waals surface area contributed by atoms with E-state index in [1.54, 1.807) is 48.5 Å². The quantitative estimate of drug-likeness (QED) is 0.0411. The molecule has 8 aromatic carbocycles. The monoisotopic (exact) mass is 1200 g/mol. The fraction of sp³-hybridized carbons (Fsp3) is 0.190. The second-order valence-corrected chi connectivity index (χ2v) is 21.2. The number of alkyl halides is 3. The molecule has 0 aromatic heterocycles. The van der Waals surface area contributed by atoms with Gasteiger partial charge in [-0.2, -0.15) is 32.6 Å². The Morgan fingerprint density at radius 2 is 0.622 bits per heavy atom. The minimum absolute atomic E-state index is 0.00222. The Bertz CT molecular complexity index is 3380. The molecule has 0 unspecified atom stereocenters. The Morgan fingerprint density at radius 1 is 0.354 bits per heavy atom. The van der Waals surface area contributed by atoms with Crippen molar-refractivity contribution in [2.45, 2.75) is 23.6 Å². The number of aryl methyl sites for hydroxylation is 2. The molecule has 0 saturated carbocycles. The number of hydrogen-bond donors (Lipinski definition) is 2. The first-order chi connectivity index (χ1) is 39.6. The highest BCUT2D eigenvalue weighted by Crippen LogP contribution is 2.26. The molecule has 0 bridgehead atoms. The minimum Gasteiger partial charge on any atom is -0.492 e. The molecule has 8 aromatic rings. The number of ether oxygens (including phenoxy) is 3. The van der Waals surface area contributed by atoms with Crippen LogP contribution in [-0.2, 0) is 28.6 Å². The second-order valence-electron chi connectivity index (χ2n) is 16.9. The topological polar surface area (TPSA) is 226 Å². The zero-order valence-electron chi connectivity index (χ0n) is 44.9. The fourth-order valence-corrected chi connectivity index (χ4v) is 8.80. The predicted molar refractivity (Wildman–Crippen MR) is 321 cm³/mol. The second kappa shape index (κ2) is 36.6. The zero-order valence-corrected chi connectivity index (χ0v) is 48.8. The van der Waals surface area contributed by atoms with Gasteiger partial charge in [0.2, 0.25) is 0 Å². The Kier molecular flexibility index (Phi) is 29.8. The first-order valence-electron chi connectivity index (χ1n) is 25.1. The standard InChI is InChI=1S/C22H19NO4S.C15H12ClNO.C15H13NO2.C9H11ClO3S.C2H5ClO/c1-17-2-12-22(13-3-17)28(24,25)27-15-14-26-21-10-8-20(9-11-21)19-6-4-18(16-23)5-7-19;16-9-10-18-15-7-5-14(6-8-15)13-3-1-12(11-17)2-4-13;16-11-12-1-3-13(4-2-12)14-5-7-15(8-6-14)18-10-9-17;1-8-2-4-9(5-3-8)14(11,12)13-7-6-10;3-1-2-4/h2-13H,14-15H2,1H3;1-8H,9-10H2;1-8,17H,9-10H2;2-5H,6-7H2,1H3;4H,1-2H2. The number of hydrogen-bond acceptors (Lipinski definition) is 14. The van der Waals surface area contributed by atoms with Crippen LogP contribution >= 0.6 is 34.8 Å². The summed E-state index contributed by atoms with van der Waals surface area (Å²) >= 11 is 15.8. The number of rotatable bonds is 20. The predicted octanol–water partition coefficient (Wildman–Crippen LogP) is 12.9. The van der Waals surface area contributed by atoms with Gasteiger partial charge in [0, 0.05) is 11.8 Å². The van der Waals surface area contributed by atoms with Gasteiger partial charge in [-0.3, -0.25) is 8.37 Å². The molecule has 0 aliphatic rings. The summed E-state index contributed by atoms with van der Waals surface area (Å²) in [5, 5.41) is 42.7. The smallest absolute Gasteiger partial charge is 0.297 e. The van der Waals surface area contributed by atoms with Gasteiger partial charge in [-0.15, -0.1) is 34.8 Å². The van der Waals surface area contributed by atoms with E-state index < -0.39 is 20.2 Å². The Labute approximate surface area is 495 Å². The van der Waals surface area contributed by atoms with Crippen molar-refractivity contribution in [2.75, 3.05) is 63.9 Å². The van der Waals surface area contributed by atoms with Crippen molar-refractivity contribution < 1.29 is 49.6 Å². The largest absolute Gasteiger partial charge is 0.492 e. The van der Waals surface area contributed by atoms with Gasteiger partial charge in [-0.25, -0.2) is 0 Å². The molecule has 0 spiro atoms. The molecule has 2 N–H and O–H groups in total. The lowest BCUT2D eigenvalue weighted by Gasteiger charge is -2.09. The van der Waals surface area contributed by atoms with Crippen LogP contribution in [0.1, 0.15) is 27.8 Å². The number of benzene rings is 8. The van der Waals surface area contributed by atoms with Crippen molar-refractivity contribution in [3.05, 3.63) is 222 Å². The number of nitriles is 3. The third-order valence-electron chi connectivity index (χ3n) is 10.9. The Balaban J connectivity index is 0.000000237. The van der Waals surface area contributed by atoms with Gasteiger partial charge in [0.25, 0.3) is 20.2 Å². The van der Waals surface area contributed by atoms with Gasteiger partial charge in [0.05, 0.1) is 70.4 Å². The van der Waals surface area contributed by atoms with Crippen LogP contribution in [0.2, 0.25) is 0 Å². The third kappa shape index (κ3) is 23.8. The van der Waals surface area contributed by atoms with Crippen LogP contribution in [0.4, 0.5) is 0 Å². The van der Waals surface area contributed by atoms with Crippen LogP contribution in [0.15, 0.2) is 204 Å². The van der Waals surface area contributed by atoms with E-state index in [1.165, 1.54) is 24.3 Å². The summed E-state index contributed by atoms with van der Waals surface area (Å²) < 4.78 is 73.0. The van der Waals surface area contributed by atoms with Crippen molar-refractivity contribution in [3.8, 4) is 68.8 Å². The van der Waals surface area contributed by atoms with Gasteiger partial charge in [0.1, 0.15) is 43.7 Å². The minimum atomic E-state index is -3.78. The Morgan fingerprint density at radius 3 is 0.890 bits per heavy atom. The van der Waals surface area contributed by atoms with E-state index >= 15 is 0 Å². The number of halogens is 3. The molecule has 0 saturated heterocycles. The van der Waals surface area contributed by atoms with Crippen LogP contribution in [-0.4, -0.2) is 90.9 Å². The highest BCUT2D eigenvalue weighted by Gasteiger charge is 2.15. The molecule has 0 amide bonds. The lowest BCUT2D eigenvalue weighted by Crippen LogP contribution is -2.13. The molecule has 0 aliphatic heterocycles. The van der Waals surface area contributed by atoms with E-state index in [-0.39, 0.29) is 48.7 Å². The van der Waals surface area contributed by atoms with Crippen molar-refractivity contribution in [3.63, 3.8) is 0 Å². The van der Waals surface area contributed by atoms with Crippen molar-refractivity contribution in [2.24, 2.45) is 0 Å². The van der Waals surface area contributed by atoms with Crippen LogP contribution in [0, 0.1) is 47.8 Å². The van der Waals surface area contributed by atoms with E-state index in [4.69, 9.17) is 79.2 Å². The average Bonchev–Trinajstić information content (AvgIpc) is 3.52. The first-order valence-corrected chi connectivity index (χ1v) is 29.6. The maximum absolute atomic E-state index is 12.1. The maximum Gasteiger partial charge on any atom is 0.297 e. The van der Waals surface area contributed by atoms with Crippen LogP contribution in [0.25, 0.3) is 33.4 Å². The summed E-state index contributed by atoms with van der Waals surface area (Å²) in [4.78, 5) is 0.290. The number of aliphatic hydroxyl groups is 2. The molecular weight excluding hydrogens is 1150 g/mol. The molecule has 0 radical (unpaired) electrons. The summed E-state index contributed by atoms with van der Waals surface area (Å²) in [5.74, 6) is 3.16. The van der Waals surface area contributed by atoms with Crippen LogP contribution < -0.4 is 14.2 Å². The lowest BCUT2D eigenvalue weighted by molar-refractivity contribution is 0.201. The van der Waals surface area contributed by atoms with Crippen molar-refractivity contribution in [1.29, 1.82) is 15.8 Å². The molecule has 14 nitrogen and oxygen atoms in total. The van der Waals surface area contributed by atoms with Crippen molar-refractivity contribution >= 4 is 55.0 Å². The number of nitrogens with zero attached hydrogens (tertiary/aromatic N) is 3. The highest BCUT2D eigenvalue weighted by molar-refractivity contribution is 7.87. The molecule has 8 rings (SSSR count). The van der Waals surface area contributed by atoms with Gasteiger partial charge in [-0.05, 0) is 144 Å². The number of aliphatic hydroxyl groups excluding tert-OH is 2. The first kappa shape index (κ1) is 66.7. The highest BCUT2D eigenvalue weighted by atomic mass is 35.5. The summed E-state index contributed by atoms with van der Waals surface area (Å²) in [5.41, 5.74) is 10.2. The fourth-order valence-electron chi connectivity index (χ4n) is 6.75. The van der Waals surface area contributed by atoms with Gasteiger partial charge < -0.3 is 24.4 Å². The molecular formula is C63H60Cl3N3O11S2.